The molecule has 0 aliphatic rings. The third-order valence-corrected chi connectivity index (χ3v) is 15.0. The summed E-state index contributed by atoms with van der Waals surface area (Å²) in [4.78, 5) is 4.83. The number of rotatable bonds is 9. The molecule has 330 valence electrons. The highest BCUT2D eigenvalue weighted by molar-refractivity contribution is 6.29. The lowest BCUT2D eigenvalue weighted by atomic mass is 10.0. The number of hydrogen-bond donors (Lipinski definition) is 0. The minimum Gasteiger partial charge on any atom is -0.310 e. The third kappa shape index (κ3) is 5.99. The van der Waals surface area contributed by atoms with Crippen LogP contribution >= 0.6 is 0 Å². The normalized spacial score (nSPS) is 12.4. The van der Waals surface area contributed by atoms with E-state index in [1.54, 1.807) is 0 Å². The fraction of sp³-hybridized carbons (Fsp3) is 0.156. The van der Waals surface area contributed by atoms with E-state index in [4.69, 9.17) is 0 Å². The Bertz CT molecular complexity index is 3980. The molecule has 0 atom stereocenters. The van der Waals surface area contributed by atoms with E-state index in [1.807, 2.05) is 0 Å². The van der Waals surface area contributed by atoms with Gasteiger partial charge in [0.25, 0.3) is 0 Å². The fourth-order valence-electron chi connectivity index (χ4n) is 11.3. The summed E-state index contributed by atoms with van der Waals surface area (Å²) in [6.07, 6.45) is 0. The molecular formula is C64H54N4. The maximum absolute atomic E-state index is 2.55. The van der Waals surface area contributed by atoms with Crippen molar-refractivity contribution < 1.29 is 0 Å². The largest absolute Gasteiger partial charge is 0.310 e. The minimum absolute atomic E-state index is 0.464. The minimum atomic E-state index is 0.464. The maximum Gasteiger partial charge on any atom is 0.0620 e. The summed E-state index contributed by atoms with van der Waals surface area (Å²) < 4.78 is 5.10. The van der Waals surface area contributed by atoms with E-state index in [2.05, 4.69) is 249 Å². The highest BCUT2D eigenvalue weighted by atomic mass is 15.1. The van der Waals surface area contributed by atoms with E-state index in [1.165, 1.54) is 98.4 Å². The molecule has 4 heteroatoms. The predicted molar refractivity (Wildman–Crippen MR) is 292 cm³/mol. The van der Waals surface area contributed by atoms with Crippen molar-refractivity contribution in [1.29, 1.82) is 0 Å². The van der Waals surface area contributed by atoms with E-state index in [9.17, 15) is 0 Å². The van der Waals surface area contributed by atoms with Crippen LogP contribution in [0.2, 0.25) is 0 Å². The Balaban J connectivity index is 1.03. The number of anilines is 6. The monoisotopic (exact) mass is 878 g/mol. The standard InChI is InChI=1S/C64H54N4/c1-38(2)42-16-24-46(25-17-42)65(45-22-14-41(7)15-23-45)49-30-32-51-53-10-8-12-55-57-37-62-58(36-61(57)67(63(53)55)59(51)34-49)56-13-9-11-54-52-33-31-50(35-60(52)68(62)64(54)56)66(47-26-18-43(19-27-47)39(3)4)48-28-20-44(21-29-48)40(5)6/h8-40H,1-7H3. The first-order valence-electron chi connectivity index (χ1n) is 24.4. The molecule has 0 aliphatic heterocycles. The van der Waals surface area contributed by atoms with Crippen LogP contribution in [0, 0.1) is 6.92 Å². The summed E-state index contributed by atoms with van der Waals surface area (Å²) in [7, 11) is 0. The summed E-state index contributed by atoms with van der Waals surface area (Å²) in [6, 6.07) is 69.1. The maximum atomic E-state index is 2.55. The van der Waals surface area contributed by atoms with Gasteiger partial charge in [-0.25, -0.2) is 0 Å². The Labute approximate surface area is 397 Å². The van der Waals surface area contributed by atoms with Gasteiger partial charge in [-0.3, -0.25) is 0 Å². The predicted octanol–water partition coefficient (Wildman–Crippen LogP) is 18.6. The molecule has 0 radical (unpaired) electrons. The molecule has 13 rings (SSSR count). The molecular weight excluding hydrogens is 825 g/mol. The van der Waals surface area contributed by atoms with E-state index in [0.29, 0.717) is 17.8 Å². The van der Waals surface area contributed by atoms with Gasteiger partial charge in [0, 0.05) is 77.2 Å². The molecule has 68 heavy (non-hydrogen) atoms. The van der Waals surface area contributed by atoms with Crippen LogP contribution in [0.5, 0.6) is 0 Å². The quantitative estimate of drug-likeness (QED) is 0.144. The molecule has 0 amide bonds. The fourth-order valence-corrected chi connectivity index (χ4v) is 11.3. The number of benzene rings is 9. The van der Waals surface area contributed by atoms with Gasteiger partial charge in [-0.1, -0.05) is 144 Å². The zero-order valence-electron chi connectivity index (χ0n) is 39.8. The number of hydrogen-bond acceptors (Lipinski definition) is 2. The molecule has 0 bridgehead atoms. The van der Waals surface area contributed by atoms with Gasteiger partial charge in [0.1, 0.15) is 0 Å². The van der Waals surface area contributed by atoms with Gasteiger partial charge in [-0.05, 0) is 126 Å². The van der Waals surface area contributed by atoms with E-state index in [0.717, 1.165) is 34.1 Å². The van der Waals surface area contributed by atoms with Crippen molar-refractivity contribution in [1.82, 2.24) is 8.80 Å². The lowest BCUT2D eigenvalue weighted by Gasteiger charge is -2.26. The molecule has 4 aromatic heterocycles. The van der Waals surface area contributed by atoms with Gasteiger partial charge in [0.2, 0.25) is 0 Å². The summed E-state index contributed by atoms with van der Waals surface area (Å²) >= 11 is 0. The van der Waals surface area contributed by atoms with Crippen molar-refractivity contribution >= 4 is 110 Å². The molecule has 0 saturated carbocycles. The average Bonchev–Trinajstić information content (AvgIpc) is 4.08. The van der Waals surface area contributed by atoms with Crippen LogP contribution in [-0.2, 0) is 0 Å². The van der Waals surface area contributed by atoms with Crippen molar-refractivity contribution in [3.05, 3.63) is 204 Å². The van der Waals surface area contributed by atoms with Gasteiger partial charge >= 0.3 is 0 Å². The van der Waals surface area contributed by atoms with Crippen molar-refractivity contribution in [2.75, 3.05) is 9.80 Å². The zero-order valence-corrected chi connectivity index (χ0v) is 39.8. The van der Waals surface area contributed by atoms with E-state index >= 15 is 0 Å². The van der Waals surface area contributed by atoms with Crippen molar-refractivity contribution in [2.24, 2.45) is 0 Å². The Morgan fingerprint density at radius 2 is 0.588 bits per heavy atom. The number of aryl methyl sites for hydroxylation is 1. The third-order valence-electron chi connectivity index (χ3n) is 15.0. The first-order valence-corrected chi connectivity index (χ1v) is 24.4. The zero-order chi connectivity index (χ0) is 46.1. The van der Waals surface area contributed by atoms with Crippen LogP contribution in [0.1, 0.15) is 81.5 Å². The molecule has 0 saturated heterocycles. The van der Waals surface area contributed by atoms with Crippen LogP contribution in [0.4, 0.5) is 34.1 Å². The molecule has 0 fully saturated rings. The topological polar surface area (TPSA) is 15.3 Å². The molecule has 4 nitrogen and oxygen atoms in total. The van der Waals surface area contributed by atoms with Crippen LogP contribution in [-0.4, -0.2) is 8.80 Å². The number of para-hydroxylation sites is 2. The van der Waals surface area contributed by atoms with Crippen LogP contribution < -0.4 is 9.80 Å². The van der Waals surface area contributed by atoms with Crippen LogP contribution in [0.15, 0.2) is 182 Å². The lowest BCUT2D eigenvalue weighted by Crippen LogP contribution is -2.10. The lowest BCUT2D eigenvalue weighted by molar-refractivity contribution is 0.866. The van der Waals surface area contributed by atoms with Crippen LogP contribution in [0.3, 0.4) is 0 Å². The second-order valence-corrected chi connectivity index (χ2v) is 20.1. The number of fused-ring (bicyclic) bond motifs is 12. The highest BCUT2D eigenvalue weighted by Gasteiger charge is 2.25. The molecule has 0 spiro atoms. The Morgan fingerprint density at radius 1 is 0.294 bits per heavy atom. The molecule has 9 aromatic carbocycles. The molecule has 0 N–H and O–H groups in total. The second kappa shape index (κ2) is 15.1. The molecule has 0 unspecified atom stereocenters. The Kier molecular flexibility index (Phi) is 8.98. The number of aromatic nitrogens is 2. The Hall–Kier alpha value is -7.82. The Morgan fingerprint density at radius 3 is 0.926 bits per heavy atom. The van der Waals surface area contributed by atoms with Crippen molar-refractivity contribution in [2.45, 2.75) is 66.2 Å². The molecule has 0 aliphatic carbocycles. The molecule has 4 heterocycles. The SMILES string of the molecule is Cc1ccc(N(c2ccc(C(C)C)cc2)c2ccc3c4cccc5c6cc7c(cc6n(c3c2)c45)c2cccc3c4ccc(N(c5ccc(C(C)C)cc5)c5ccc(C(C)C)cc5)cc4n7c32)cc1. The van der Waals surface area contributed by atoms with Gasteiger partial charge in [0.05, 0.1) is 33.1 Å². The van der Waals surface area contributed by atoms with E-state index < -0.39 is 0 Å². The average molecular weight is 879 g/mol. The van der Waals surface area contributed by atoms with Gasteiger partial charge < -0.3 is 18.6 Å². The highest BCUT2D eigenvalue weighted by Crippen LogP contribution is 2.47. The summed E-state index contributed by atoms with van der Waals surface area (Å²) in [5.74, 6) is 1.40. The van der Waals surface area contributed by atoms with E-state index in [-0.39, 0.29) is 0 Å². The summed E-state index contributed by atoms with van der Waals surface area (Å²) in [5, 5.41) is 10.2. The summed E-state index contributed by atoms with van der Waals surface area (Å²) in [5.41, 5.74) is 19.6. The van der Waals surface area contributed by atoms with Gasteiger partial charge in [0.15, 0.2) is 0 Å². The van der Waals surface area contributed by atoms with Gasteiger partial charge in [-0.2, -0.15) is 0 Å². The smallest absolute Gasteiger partial charge is 0.0620 e. The first-order chi connectivity index (χ1) is 33.1. The molecule has 13 aromatic rings. The van der Waals surface area contributed by atoms with Crippen molar-refractivity contribution in [3.8, 4) is 0 Å². The van der Waals surface area contributed by atoms with Gasteiger partial charge in [-0.15, -0.1) is 0 Å². The first kappa shape index (κ1) is 40.5. The second-order valence-electron chi connectivity index (χ2n) is 20.1. The number of nitrogens with zero attached hydrogens (tertiary/aromatic N) is 4. The summed E-state index contributed by atoms with van der Waals surface area (Å²) in [6.45, 7) is 15.7. The van der Waals surface area contributed by atoms with Crippen molar-refractivity contribution in [3.63, 3.8) is 0 Å². The van der Waals surface area contributed by atoms with Crippen LogP contribution in [0.25, 0.3) is 76.2 Å².